The average Bonchev–Trinajstić information content (AvgIpc) is 3.30. The van der Waals surface area contributed by atoms with Gasteiger partial charge in [0.25, 0.3) is 0 Å². The van der Waals surface area contributed by atoms with Gasteiger partial charge in [0.2, 0.25) is 0 Å². The monoisotopic (exact) mass is 398 g/mol. The van der Waals surface area contributed by atoms with Crippen LogP contribution in [-0.4, -0.2) is 14.7 Å². The predicted octanol–water partition coefficient (Wildman–Crippen LogP) is 5.69. The van der Waals surface area contributed by atoms with E-state index in [1.807, 2.05) is 41.4 Å². The first-order valence-corrected chi connectivity index (χ1v) is 9.58. The molecule has 4 aromatic rings. The Kier molecular flexibility index (Phi) is 4.83. The zero-order valence-corrected chi connectivity index (χ0v) is 16.0. The number of pyridine rings is 1. The summed E-state index contributed by atoms with van der Waals surface area (Å²) in [4.78, 5) is 5.11. The third-order valence-corrected chi connectivity index (χ3v) is 5.61. The summed E-state index contributed by atoms with van der Waals surface area (Å²) in [5.41, 5.74) is 3.17. The van der Waals surface area contributed by atoms with Crippen molar-refractivity contribution in [2.45, 2.75) is 6.10 Å². The van der Waals surface area contributed by atoms with Crippen LogP contribution < -0.4 is 0 Å². The summed E-state index contributed by atoms with van der Waals surface area (Å²) in [7, 11) is 1.85. The van der Waals surface area contributed by atoms with Crippen molar-refractivity contribution in [1.29, 1.82) is 0 Å². The molecule has 1 aromatic carbocycles. The Labute approximate surface area is 165 Å². The Morgan fingerprint density at radius 2 is 2.04 bits per heavy atom. The zero-order valence-electron chi connectivity index (χ0n) is 14.4. The molecule has 27 heavy (non-hydrogen) atoms. The Morgan fingerprint density at radius 1 is 1.19 bits per heavy atom. The minimum absolute atomic E-state index is 0.332. The summed E-state index contributed by atoms with van der Waals surface area (Å²) in [6.45, 7) is 0. The molecule has 0 aliphatic rings. The number of benzene rings is 1. The molecule has 0 bridgehead atoms. The predicted molar refractivity (Wildman–Crippen MR) is 107 cm³/mol. The molecule has 136 valence electrons. The van der Waals surface area contributed by atoms with Crippen molar-refractivity contribution >= 4 is 22.9 Å². The molecule has 6 heteroatoms. The number of nitrogens with zero attached hydrogens (tertiary/aromatic N) is 2. The minimum Gasteiger partial charge on any atom is -0.383 e. The fourth-order valence-electron chi connectivity index (χ4n) is 3.27. The van der Waals surface area contributed by atoms with Crippen LogP contribution in [0.5, 0.6) is 0 Å². The lowest BCUT2D eigenvalue weighted by atomic mass is 9.95. The highest BCUT2D eigenvalue weighted by Crippen LogP contribution is 2.42. The standard InChI is InChI=1S/C21H16ClFN2OS/c1-25-12-16(18-5-3-9-27-18)19(21(26)13-4-2-8-24-11-13)20(25)15-7-6-14(22)10-17(15)23/h2-12,21,26H,1H3. The summed E-state index contributed by atoms with van der Waals surface area (Å²) in [6, 6.07) is 12.1. The lowest BCUT2D eigenvalue weighted by Gasteiger charge is -2.16. The topological polar surface area (TPSA) is 38.0 Å². The molecular weight excluding hydrogens is 383 g/mol. The van der Waals surface area contributed by atoms with Gasteiger partial charge in [0.1, 0.15) is 11.9 Å². The van der Waals surface area contributed by atoms with Crippen LogP contribution in [0.1, 0.15) is 17.2 Å². The van der Waals surface area contributed by atoms with Gasteiger partial charge in [-0.25, -0.2) is 4.39 Å². The molecule has 0 saturated heterocycles. The second kappa shape index (κ2) is 7.27. The second-order valence-electron chi connectivity index (χ2n) is 6.21. The number of hydrogen-bond donors (Lipinski definition) is 1. The molecule has 0 amide bonds. The van der Waals surface area contributed by atoms with Gasteiger partial charge < -0.3 is 9.67 Å². The summed E-state index contributed by atoms with van der Waals surface area (Å²) in [5, 5.41) is 13.5. The summed E-state index contributed by atoms with van der Waals surface area (Å²) >= 11 is 7.50. The number of thiophene rings is 1. The lowest BCUT2D eigenvalue weighted by molar-refractivity contribution is 0.221. The first-order chi connectivity index (χ1) is 13.1. The minimum atomic E-state index is -0.943. The number of halogens is 2. The van der Waals surface area contributed by atoms with Crippen LogP contribution in [0.2, 0.25) is 5.02 Å². The molecule has 1 unspecified atom stereocenters. The fourth-order valence-corrected chi connectivity index (χ4v) is 4.18. The van der Waals surface area contributed by atoms with Crippen LogP contribution in [0.3, 0.4) is 0 Å². The van der Waals surface area contributed by atoms with E-state index >= 15 is 0 Å². The van der Waals surface area contributed by atoms with Gasteiger partial charge in [-0.1, -0.05) is 23.7 Å². The summed E-state index contributed by atoms with van der Waals surface area (Å²) < 4.78 is 16.6. The van der Waals surface area contributed by atoms with E-state index in [4.69, 9.17) is 11.6 Å². The van der Waals surface area contributed by atoms with Crippen molar-refractivity contribution in [1.82, 2.24) is 9.55 Å². The Bertz CT molecular complexity index is 1080. The quantitative estimate of drug-likeness (QED) is 0.479. The largest absolute Gasteiger partial charge is 0.383 e. The average molecular weight is 399 g/mol. The highest BCUT2D eigenvalue weighted by Gasteiger charge is 2.26. The summed E-state index contributed by atoms with van der Waals surface area (Å²) in [5.74, 6) is -0.430. The van der Waals surface area contributed by atoms with Gasteiger partial charge in [0, 0.05) is 57.8 Å². The van der Waals surface area contributed by atoms with Crippen molar-refractivity contribution < 1.29 is 9.50 Å². The normalized spacial score (nSPS) is 12.3. The first-order valence-electron chi connectivity index (χ1n) is 8.32. The second-order valence-corrected chi connectivity index (χ2v) is 7.59. The number of aliphatic hydroxyl groups excluding tert-OH is 1. The molecule has 3 heterocycles. The third kappa shape index (κ3) is 3.30. The van der Waals surface area contributed by atoms with E-state index in [-0.39, 0.29) is 0 Å². The van der Waals surface area contributed by atoms with E-state index in [2.05, 4.69) is 4.98 Å². The molecule has 0 aliphatic heterocycles. The lowest BCUT2D eigenvalue weighted by Crippen LogP contribution is -2.04. The van der Waals surface area contributed by atoms with E-state index in [0.29, 0.717) is 27.4 Å². The molecular formula is C21H16ClFN2OS. The van der Waals surface area contributed by atoms with Gasteiger partial charge in [0.05, 0.1) is 5.69 Å². The van der Waals surface area contributed by atoms with Crippen LogP contribution >= 0.6 is 22.9 Å². The van der Waals surface area contributed by atoms with E-state index in [1.54, 1.807) is 41.9 Å². The Hall–Kier alpha value is -2.47. The van der Waals surface area contributed by atoms with Crippen LogP contribution in [0.15, 0.2) is 66.4 Å². The van der Waals surface area contributed by atoms with Crippen molar-refractivity contribution in [3.8, 4) is 21.7 Å². The zero-order chi connectivity index (χ0) is 19.0. The number of aromatic nitrogens is 2. The van der Waals surface area contributed by atoms with E-state index in [1.165, 1.54) is 6.07 Å². The van der Waals surface area contributed by atoms with Crippen LogP contribution in [0, 0.1) is 5.82 Å². The van der Waals surface area contributed by atoms with Gasteiger partial charge in [-0.3, -0.25) is 4.98 Å². The number of rotatable bonds is 4. The molecule has 0 saturated carbocycles. The maximum Gasteiger partial charge on any atom is 0.134 e. The maximum absolute atomic E-state index is 14.7. The fraction of sp³-hybridized carbons (Fsp3) is 0.0952. The smallest absolute Gasteiger partial charge is 0.134 e. The third-order valence-electron chi connectivity index (χ3n) is 4.47. The van der Waals surface area contributed by atoms with E-state index in [9.17, 15) is 9.50 Å². The molecule has 1 N–H and O–H groups in total. The van der Waals surface area contributed by atoms with Crippen LogP contribution in [0.4, 0.5) is 4.39 Å². The Balaban J connectivity index is 1.99. The van der Waals surface area contributed by atoms with Crippen molar-refractivity contribution in [2.75, 3.05) is 0 Å². The van der Waals surface area contributed by atoms with Gasteiger partial charge >= 0.3 is 0 Å². The van der Waals surface area contributed by atoms with Crippen LogP contribution in [-0.2, 0) is 7.05 Å². The Morgan fingerprint density at radius 3 is 2.70 bits per heavy atom. The number of hydrogen-bond acceptors (Lipinski definition) is 3. The van der Waals surface area contributed by atoms with Crippen molar-refractivity contribution in [2.24, 2.45) is 7.05 Å². The first kappa shape index (κ1) is 17.9. The molecule has 0 radical (unpaired) electrons. The van der Waals surface area contributed by atoms with Gasteiger partial charge in [0.15, 0.2) is 0 Å². The van der Waals surface area contributed by atoms with Crippen molar-refractivity contribution in [3.05, 3.63) is 88.4 Å². The van der Waals surface area contributed by atoms with Crippen LogP contribution in [0.25, 0.3) is 21.7 Å². The number of aliphatic hydroxyl groups is 1. The number of aryl methyl sites for hydroxylation is 1. The molecule has 0 fully saturated rings. The molecule has 0 spiro atoms. The van der Waals surface area contributed by atoms with Crippen molar-refractivity contribution in [3.63, 3.8) is 0 Å². The SMILES string of the molecule is Cn1cc(-c2cccs2)c(C(O)c2cccnc2)c1-c1ccc(Cl)cc1F. The highest BCUT2D eigenvalue weighted by molar-refractivity contribution is 7.13. The molecule has 3 aromatic heterocycles. The highest BCUT2D eigenvalue weighted by atomic mass is 35.5. The van der Waals surface area contributed by atoms with E-state index < -0.39 is 11.9 Å². The molecule has 0 aliphatic carbocycles. The molecule has 4 rings (SSSR count). The van der Waals surface area contributed by atoms with Gasteiger partial charge in [-0.15, -0.1) is 11.3 Å². The summed E-state index contributed by atoms with van der Waals surface area (Å²) in [6.07, 6.45) is 4.26. The van der Waals surface area contributed by atoms with E-state index in [0.717, 1.165) is 10.4 Å². The van der Waals surface area contributed by atoms with Gasteiger partial charge in [-0.2, -0.15) is 0 Å². The van der Waals surface area contributed by atoms with Gasteiger partial charge in [-0.05, 0) is 35.7 Å². The molecule has 3 nitrogen and oxygen atoms in total. The maximum atomic E-state index is 14.7. The molecule has 1 atom stereocenters.